The molecule has 0 atom stereocenters. The van der Waals surface area contributed by atoms with Gasteiger partial charge in [0.05, 0.1) is 48.0 Å². The molecule has 0 aromatic carbocycles. The van der Waals surface area contributed by atoms with Gasteiger partial charge >= 0.3 is 0 Å². The molecule has 1 aliphatic heterocycles. The first-order valence-corrected chi connectivity index (χ1v) is 15.1. The number of hydrogen-bond donors (Lipinski definition) is 1. The molecule has 0 unspecified atom stereocenters. The van der Waals surface area contributed by atoms with Gasteiger partial charge in [0, 0.05) is 51.8 Å². The van der Waals surface area contributed by atoms with Crippen molar-refractivity contribution in [3.63, 3.8) is 0 Å². The van der Waals surface area contributed by atoms with E-state index in [1.165, 1.54) is 11.3 Å². The highest BCUT2D eigenvalue weighted by molar-refractivity contribution is 7.93. The number of nitrogens with one attached hydrogen (secondary N) is 1. The largest absolute Gasteiger partial charge is 0.477 e. The van der Waals surface area contributed by atoms with E-state index in [9.17, 15) is 13.2 Å². The van der Waals surface area contributed by atoms with Crippen LogP contribution in [-0.4, -0.2) is 102 Å². The van der Waals surface area contributed by atoms with Crippen molar-refractivity contribution in [3.05, 3.63) is 48.1 Å². The zero-order chi connectivity index (χ0) is 27.7. The van der Waals surface area contributed by atoms with Crippen molar-refractivity contribution < 1.29 is 22.7 Å². The van der Waals surface area contributed by atoms with Crippen LogP contribution in [0.5, 0.6) is 5.88 Å². The molecule has 1 saturated heterocycles. The van der Waals surface area contributed by atoms with Gasteiger partial charge in [-0.3, -0.25) is 24.4 Å². The Labute approximate surface area is 232 Å². The van der Waals surface area contributed by atoms with Crippen LogP contribution in [-0.2, 0) is 14.8 Å². The van der Waals surface area contributed by atoms with E-state index in [4.69, 9.17) is 9.47 Å². The molecule has 1 N–H and O–H groups in total. The summed E-state index contributed by atoms with van der Waals surface area (Å²) in [6.45, 7) is 7.27. The Kier molecular flexibility index (Phi) is 10.1. The first kappa shape index (κ1) is 28.8. The van der Waals surface area contributed by atoms with Crippen LogP contribution in [0, 0.1) is 0 Å². The molecule has 3 aromatic rings. The van der Waals surface area contributed by atoms with Crippen molar-refractivity contribution in [2.45, 2.75) is 25.0 Å². The Morgan fingerprint density at radius 1 is 1.18 bits per heavy atom. The average Bonchev–Trinajstić information content (AvgIpc) is 3.71. The number of carbonyl (C=O) groups is 1. The highest BCUT2D eigenvalue weighted by Crippen LogP contribution is 2.29. The average molecular weight is 576 g/mol. The second-order valence-corrected chi connectivity index (χ2v) is 12.0. The Bertz CT molecular complexity index is 1310. The van der Waals surface area contributed by atoms with E-state index in [-0.39, 0.29) is 11.2 Å². The standard InChI is InChI=1S/C17H23N5O3S.C8H10N2O2S/c1-3-25-15-12-18-10-13(20-15)14-11-19-16(26-14)17(23)21(2)4-5-22-6-8-24-9-7-22;11-13(12,8-1-2-8)10-7-3-5-9-6-4-7/h10-12H,3-9H2,1-2H3;3-6,8H,1-2H2,(H,9,10). The fourth-order valence-corrected chi connectivity index (χ4v) is 5.86. The normalized spacial score (nSPS) is 15.6. The second-order valence-electron chi connectivity index (χ2n) is 8.97. The number of hydrogen-bond acceptors (Lipinski definition) is 11. The van der Waals surface area contributed by atoms with E-state index in [0.717, 1.165) is 50.6 Å². The number of rotatable bonds is 10. The van der Waals surface area contributed by atoms with Gasteiger partial charge in [0.1, 0.15) is 5.69 Å². The number of anilines is 1. The quantitative estimate of drug-likeness (QED) is 0.383. The number of sulfonamides is 1. The Morgan fingerprint density at radius 3 is 2.62 bits per heavy atom. The lowest BCUT2D eigenvalue weighted by molar-refractivity contribution is 0.0338. The maximum absolute atomic E-state index is 12.6. The fourth-order valence-electron chi connectivity index (χ4n) is 3.60. The first-order valence-electron chi connectivity index (χ1n) is 12.7. The molecule has 4 heterocycles. The highest BCUT2D eigenvalue weighted by atomic mass is 32.2. The molecule has 0 radical (unpaired) electrons. The highest BCUT2D eigenvalue weighted by Gasteiger charge is 2.35. The van der Waals surface area contributed by atoms with Crippen molar-refractivity contribution >= 4 is 33.0 Å². The number of ether oxygens (including phenoxy) is 2. The van der Waals surface area contributed by atoms with Crippen molar-refractivity contribution in [2.75, 3.05) is 57.8 Å². The molecule has 0 spiro atoms. The summed E-state index contributed by atoms with van der Waals surface area (Å²) in [5.41, 5.74) is 1.24. The van der Waals surface area contributed by atoms with Crippen LogP contribution >= 0.6 is 11.3 Å². The van der Waals surface area contributed by atoms with E-state index in [0.29, 0.717) is 35.4 Å². The summed E-state index contributed by atoms with van der Waals surface area (Å²) in [5, 5.41) is 0.272. The summed E-state index contributed by atoms with van der Waals surface area (Å²) in [5.74, 6) is 0.386. The number of pyridine rings is 1. The zero-order valence-corrected chi connectivity index (χ0v) is 23.7. The number of aromatic nitrogens is 4. The number of carbonyl (C=O) groups excluding carboxylic acids is 1. The summed E-state index contributed by atoms with van der Waals surface area (Å²) >= 11 is 1.32. The zero-order valence-electron chi connectivity index (χ0n) is 22.0. The maximum atomic E-state index is 12.6. The van der Waals surface area contributed by atoms with Crippen molar-refractivity contribution in [3.8, 4) is 16.5 Å². The summed E-state index contributed by atoms with van der Waals surface area (Å²) in [6, 6.07) is 3.28. The minimum Gasteiger partial charge on any atom is -0.477 e. The molecule has 14 heteroatoms. The third-order valence-electron chi connectivity index (χ3n) is 5.95. The van der Waals surface area contributed by atoms with Crippen LogP contribution in [0.15, 0.2) is 43.1 Å². The fraction of sp³-hybridized carbons (Fsp3) is 0.480. The van der Waals surface area contributed by atoms with Gasteiger partial charge in [-0.25, -0.2) is 18.4 Å². The summed E-state index contributed by atoms with van der Waals surface area (Å²) in [7, 11) is -1.31. The maximum Gasteiger partial charge on any atom is 0.282 e. The second kappa shape index (κ2) is 13.7. The molecule has 1 amide bonds. The number of thiazole rings is 1. The van der Waals surface area contributed by atoms with Crippen molar-refractivity contribution in [2.24, 2.45) is 0 Å². The van der Waals surface area contributed by atoms with Crippen LogP contribution < -0.4 is 9.46 Å². The molecule has 1 aliphatic carbocycles. The number of morpholine rings is 1. The van der Waals surface area contributed by atoms with Crippen LogP contribution in [0.2, 0.25) is 0 Å². The predicted molar refractivity (Wildman–Crippen MR) is 148 cm³/mol. The van der Waals surface area contributed by atoms with Gasteiger partial charge in [-0.2, -0.15) is 0 Å². The summed E-state index contributed by atoms with van der Waals surface area (Å²) in [4.78, 5) is 34.0. The van der Waals surface area contributed by atoms with E-state index >= 15 is 0 Å². The van der Waals surface area contributed by atoms with Crippen LogP contribution in [0.25, 0.3) is 10.6 Å². The Hall–Kier alpha value is -3.20. The first-order chi connectivity index (χ1) is 18.9. The lowest BCUT2D eigenvalue weighted by Gasteiger charge is -2.28. The van der Waals surface area contributed by atoms with E-state index < -0.39 is 10.0 Å². The molecular weight excluding hydrogens is 542 g/mol. The Morgan fingerprint density at radius 2 is 1.92 bits per heavy atom. The third-order valence-corrected chi connectivity index (χ3v) is 8.83. The van der Waals surface area contributed by atoms with Crippen molar-refractivity contribution in [1.82, 2.24) is 29.7 Å². The van der Waals surface area contributed by atoms with E-state index in [2.05, 4.69) is 29.6 Å². The van der Waals surface area contributed by atoms with E-state index in [1.54, 1.807) is 55.1 Å². The van der Waals surface area contributed by atoms with Crippen LogP contribution in [0.3, 0.4) is 0 Å². The number of amides is 1. The predicted octanol–water partition coefficient (Wildman–Crippen LogP) is 2.39. The minimum atomic E-state index is -3.12. The molecule has 2 aliphatic rings. The van der Waals surface area contributed by atoms with Gasteiger partial charge in [-0.15, -0.1) is 11.3 Å². The molecule has 5 rings (SSSR count). The van der Waals surface area contributed by atoms with E-state index in [1.807, 2.05) is 6.92 Å². The molecular formula is C25H33N7O5S2. The summed E-state index contributed by atoms with van der Waals surface area (Å²) in [6.07, 6.45) is 9.55. The number of likely N-dealkylation sites (N-methyl/N-ethyl adjacent to an activating group) is 1. The molecule has 210 valence electrons. The van der Waals surface area contributed by atoms with Crippen LogP contribution in [0.4, 0.5) is 5.69 Å². The van der Waals surface area contributed by atoms with Crippen molar-refractivity contribution in [1.29, 1.82) is 0 Å². The van der Waals surface area contributed by atoms with Crippen LogP contribution in [0.1, 0.15) is 29.6 Å². The van der Waals surface area contributed by atoms with Gasteiger partial charge in [0.15, 0.2) is 5.01 Å². The van der Waals surface area contributed by atoms with Gasteiger partial charge in [-0.05, 0) is 31.9 Å². The molecule has 39 heavy (non-hydrogen) atoms. The monoisotopic (exact) mass is 575 g/mol. The summed E-state index contributed by atoms with van der Waals surface area (Å²) < 4.78 is 36.1. The Balaban J connectivity index is 0.000000226. The SMILES string of the molecule is CCOc1cncc(-c2cnc(C(=O)N(C)CCN3CCOCC3)s2)n1.O=S(=O)(Nc1ccncc1)C1CC1. The lowest BCUT2D eigenvalue weighted by Crippen LogP contribution is -2.41. The molecule has 3 aromatic heterocycles. The molecule has 0 bridgehead atoms. The molecule has 1 saturated carbocycles. The third kappa shape index (κ3) is 8.65. The van der Waals surface area contributed by atoms with Gasteiger partial charge in [0.25, 0.3) is 5.91 Å². The smallest absolute Gasteiger partial charge is 0.282 e. The van der Waals surface area contributed by atoms with Gasteiger partial charge in [-0.1, -0.05) is 0 Å². The lowest BCUT2D eigenvalue weighted by atomic mass is 10.4. The number of nitrogens with zero attached hydrogens (tertiary/aromatic N) is 6. The molecule has 12 nitrogen and oxygen atoms in total. The molecule has 2 fully saturated rings. The topological polar surface area (TPSA) is 140 Å². The van der Waals surface area contributed by atoms with Gasteiger partial charge < -0.3 is 14.4 Å². The minimum absolute atomic E-state index is 0.0802. The van der Waals surface area contributed by atoms with Gasteiger partial charge in [0.2, 0.25) is 15.9 Å².